The van der Waals surface area contributed by atoms with Crippen molar-refractivity contribution in [3.05, 3.63) is 6.42 Å². The minimum absolute atomic E-state index is 0.157. The zero-order chi connectivity index (χ0) is 7.82. The van der Waals surface area contributed by atoms with E-state index in [1.54, 1.807) is 7.11 Å². The number of hydrogen-bond donors (Lipinski definition) is 0. The van der Waals surface area contributed by atoms with E-state index in [4.69, 9.17) is 15.9 Å². The number of ether oxygens (including phenoxy) is 2. The van der Waals surface area contributed by atoms with Crippen molar-refractivity contribution in [3.8, 4) is 5.92 Å². The average molecular weight is 141 g/mol. The van der Waals surface area contributed by atoms with Crippen LogP contribution in [0.4, 0.5) is 0 Å². The Morgan fingerprint density at radius 3 is 2.60 bits per heavy atom. The zero-order valence-corrected chi connectivity index (χ0v) is 6.52. The molecule has 0 spiro atoms. The third-order valence-electron chi connectivity index (χ3n) is 1.14. The van der Waals surface area contributed by atoms with Gasteiger partial charge < -0.3 is 9.47 Å². The monoisotopic (exact) mass is 141 g/mol. The van der Waals surface area contributed by atoms with Crippen molar-refractivity contribution in [2.45, 2.75) is 19.4 Å². The molecule has 2 heteroatoms. The second-order valence-electron chi connectivity index (χ2n) is 1.90. The second kappa shape index (κ2) is 6.60. The van der Waals surface area contributed by atoms with Gasteiger partial charge in [0.25, 0.3) is 0 Å². The van der Waals surface area contributed by atoms with Crippen LogP contribution in [0.15, 0.2) is 0 Å². The van der Waals surface area contributed by atoms with Crippen molar-refractivity contribution in [3.63, 3.8) is 0 Å². The van der Waals surface area contributed by atoms with Crippen LogP contribution in [0, 0.1) is 12.3 Å². The minimum atomic E-state index is -0.157. The molecule has 1 radical (unpaired) electrons. The molecule has 0 aliphatic carbocycles. The highest BCUT2D eigenvalue weighted by molar-refractivity contribution is 4.87. The predicted octanol–water partition coefficient (Wildman–Crippen LogP) is 1.02. The third kappa shape index (κ3) is 4.37. The van der Waals surface area contributed by atoms with Crippen LogP contribution in [-0.2, 0) is 9.47 Å². The number of rotatable bonds is 5. The maximum atomic E-state index is 6.78. The van der Waals surface area contributed by atoms with Gasteiger partial charge in [-0.1, -0.05) is 12.8 Å². The van der Waals surface area contributed by atoms with Gasteiger partial charge in [-0.05, 0) is 12.8 Å². The van der Waals surface area contributed by atoms with E-state index in [0.29, 0.717) is 13.2 Å². The molecular formula is C8H13O2. The highest BCUT2D eigenvalue weighted by Gasteiger charge is 1.99. The molecule has 2 nitrogen and oxygen atoms in total. The Hall–Kier alpha value is -0.520. The Kier molecular flexibility index (Phi) is 6.25. The van der Waals surface area contributed by atoms with Gasteiger partial charge in [-0.15, -0.1) is 0 Å². The van der Waals surface area contributed by atoms with Gasteiger partial charge in [-0.25, -0.2) is 0 Å². The molecule has 0 amide bonds. The fourth-order valence-electron chi connectivity index (χ4n) is 0.535. The van der Waals surface area contributed by atoms with Crippen LogP contribution in [0.5, 0.6) is 0 Å². The van der Waals surface area contributed by atoms with Gasteiger partial charge >= 0.3 is 0 Å². The molecule has 0 bridgehead atoms. The summed E-state index contributed by atoms with van der Waals surface area (Å²) in [5.74, 6) is 2.28. The molecule has 0 N–H and O–H groups in total. The Labute approximate surface area is 62.5 Å². The SMILES string of the molecule is [C]#CC(CC)OCCOC. The standard InChI is InChI=1S/C8H13O2/c1-4-8(5-2)10-7-6-9-3/h8H,4,6-7H2,1,3H3. The quantitative estimate of drug-likeness (QED) is 0.420. The van der Waals surface area contributed by atoms with Crippen molar-refractivity contribution in [2.24, 2.45) is 0 Å². The van der Waals surface area contributed by atoms with Gasteiger partial charge in [-0.3, -0.25) is 0 Å². The van der Waals surface area contributed by atoms with E-state index in [0.717, 1.165) is 6.42 Å². The van der Waals surface area contributed by atoms with E-state index in [1.807, 2.05) is 6.92 Å². The zero-order valence-electron chi connectivity index (χ0n) is 6.52. The van der Waals surface area contributed by atoms with Crippen molar-refractivity contribution in [2.75, 3.05) is 20.3 Å². The van der Waals surface area contributed by atoms with Crippen molar-refractivity contribution in [1.82, 2.24) is 0 Å². The largest absolute Gasteiger partial charge is 0.382 e. The van der Waals surface area contributed by atoms with Crippen LogP contribution < -0.4 is 0 Å². The summed E-state index contributed by atoms with van der Waals surface area (Å²) < 4.78 is 9.92. The summed E-state index contributed by atoms with van der Waals surface area (Å²) in [7, 11) is 1.62. The van der Waals surface area contributed by atoms with E-state index in [-0.39, 0.29) is 6.10 Å². The molecule has 0 aliphatic heterocycles. The van der Waals surface area contributed by atoms with Crippen molar-refractivity contribution >= 4 is 0 Å². The summed E-state index contributed by atoms with van der Waals surface area (Å²) in [6.45, 7) is 3.08. The molecule has 10 heavy (non-hydrogen) atoms. The summed E-state index contributed by atoms with van der Waals surface area (Å²) in [6.07, 6.45) is 7.42. The van der Waals surface area contributed by atoms with Gasteiger partial charge in [0.05, 0.1) is 13.2 Å². The summed E-state index contributed by atoms with van der Waals surface area (Å²) >= 11 is 0. The summed E-state index contributed by atoms with van der Waals surface area (Å²) in [5.41, 5.74) is 0. The summed E-state index contributed by atoms with van der Waals surface area (Å²) in [5, 5.41) is 0. The third-order valence-corrected chi connectivity index (χ3v) is 1.14. The van der Waals surface area contributed by atoms with E-state index in [2.05, 4.69) is 5.92 Å². The molecule has 0 saturated carbocycles. The van der Waals surface area contributed by atoms with Crippen LogP contribution in [-0.4, -0.2) is 26.4 Å². The maximum Gasteiger partial charge on any atom is 0.119 e. The van der Waals surface area contributed by atoms with Crippen LogP contribution in [0.25, 0.3) is 0 Å². The molecule has 57 valence electrons. The lowest BCUT2D eigenvalue weighted by Crippen LogP contribution is -2.12. The van der Waals surface area contributed by atoms with E-state index in [9.17, 15) is 0 Å². The van der Waals surface area contributed by atoms with Gasteiger partial charge in [-0.2, -0.15) is 0 Å². The van der Waals surface area contributed by atoms with Crippen molar-refractivity contribution < 1.29 is 9.47 Å². The molecule has 0 aromatic heterocycles. The minimum Gasteiger partial charge on any atom is -0.382 e. The fourth-order valence-corrected chi connectivity index (χ4v) is 0.535. The van der Waals surface area contributed by atoms with Crippen LogP contribution in [0.2, 0.25) is 0 Å². The van der Waals surface area contributed by atoms with Gasteiger partial charge in [0, 0.05) is 7.11 Å². The van der Waals surface area contributed by atoms with E-state index in [1.165, 1.54) is 0 Å². The lowest BCUT2D eigenvalue weighted by Gasteiger charge is -2.07. The first-order valence-corrected chi connectivity index (χ1v) is 3.38. The smallest absolute Gasteiger partial charge is 0.119 e. The molecule has 0 heterocycles. The Balaban J connectivity index is 3.20. The van der Waals surface area contributed by atoms with Gasteiger partial charge in [0.1, 0.15) is 6.10 Å². The summed E-state index contributed by atoms with van der Waals surface area (Å²) in [4.78, 5) is 0. The Bertz CT molecular complexity index is 104. The first kappa shape index (κ1) is 9.48. The molecule has 0 aromatic rings. The summed E-state index contributed by atoms with van der Waals surface area (Å²) in [6, 6.07) is 0. The van der Waals surface area contributed by atoms with Crippen LogP contribution >= 0.6 is 0 Å². The number of hydrogen-bond acceptors (Lipinski definition) is 2. The molecule has 1 atom stereocenters. The first-order valence-electron chi connectivity index (χ1n) is 3.38. The molecule has 0 aromatic carbocycles. The Morgan fingerprint density at radius 2 is 2.20 bits per heavy atom. The fraction of sp³-hybridized carbons (Fsp3) is 0.750. The van der Waals surface area contributed by atoms with Crippen LogP contribution in [0.3, 0.4) is 0 Å². The first-order chi connectivity index (χ1) is 4.85. The molecule has 0 rings (SSSR count). The molecule has 0 fully saturated rings. The molecule has 0 saturated heterocycles. The predicted molar refractivity (Wildman–Crippen MR) is 39.0 cm³/mol. The van der Waals surface area contributed by atoms with Gasteiger partial charge in [0.2, 0.25) is 0 Å². The van der Waals surface area contributed by atoms with E-state index >= 15 is 0 Å². The lowest BCUT2D eigenvalue weighted by atomic mass is 10.3. The molecule has 1 unspecified atom stereocenters. The van der Waals surface area contributed by atoms with E-state index < -0.39 is 0 Å². The van der Waals surface area contributed by atoms with Crippen molar-refractivity contribution in [1.29, 1.82) is 0 Å². The molecular weight excluding hydrogens is 128 g/mol. The Morgan fingerprint density at radius 1 is 1.50 bits per heavy atom. The lowest BCUT2D eigenvalue weighted by molar-refractivity contribution is 0.0422. The highest BCUT2D eigenvalue weighted by atomic mass is 16.5. The highest BCUT2D eigenvalue weighted by Crippen LogP contribution is 1.94. The topological polar surface area (TPSA) is 18.5 Å². The number of methoxy groups -OCH3 is 1. The molecule has 0 aliphatic rings. The second-order valence-corrected chi connectivity index (χ2v) is 1.90. The van der Waals surface area contributed by atoms with Crippen LogP contribution in [0.1, 0.15) is 13.3 Å². The van der Waals surface area contributed by atoms with Gasteiger partial charge in [0.15, 0.2) is 0 Å². The normalized spacial score (nSPS) is 12.5. The maximum absolute atomic E-state index is 6.78. The average Bonchev–Trinajstić information content (AvgIpc) is 1.99.